The van der Waals surface area contributed by atoms with Crippen molar-refractivity contribution in [3.8, 4) is 0 Å². The highest BCUT2D eigenvalue weighted by molar-refractivity contribution is 6.31. The van der Waals surface area contributed by atoms with Crippen LogP contribution in [0.1, 0.15) is 25.5 Å². The van der Waals surface area contributed by atoms with Gasteiger partial charge in [0.05, 0.1) is 12.6 Å². The third-order valence-corrected chi connectivity index (χ3v) is 4.41. The van der Waals surface area contributed by atoms with Crippen LogP contribution in [-0.4, -0.2) is 55.0 Å². The lowest BCUT2D eigenvalue weighted by Gasteiger charge is -2.37. The van der Waals surface area contributed by atoms with Crippen molar-refractivity contribution in [3.63, 3.8) is 0 Å². The highest BCUT2D eigenvalue weighted by Gasteiger charge is 2.23. The molecule has 21 heavy (non-hydrogen) atoms. The monoisotopic (exact) mass is 309 g/mol. The molecule has 1 aliphatic rings. The van der Waals surface area contributed by atoms with E-state index in [1.54, 1.807) is 0 Å². The van der Waals surface area contributed by atoms with Gasteiger partial charge < -0.3 is 10.2 Å². The molecule has 5 heteroatoms. The van der Waals surface area contributed by atoms with Crippen LogP contribution in [0.2, 0.25) is 5.02 Å². The van der Waals surface area contributed by atoms with Crippen LogP contribution in [0, 0.1) is 0 Å². The summed E-state index contributed by atoms with van der Waals surface area (Å²) in [6.45, 7) is 7.54. The lowest BCUT2D eigenvalue weighted by atomic mass is 10.1. The van der Waals surface area contributed by atoms with Gasteiger partial charge in [0.15, 0.2) is 0 Å². The van der Waals surface area contributed by atoms with Gasteiger partial charge in [-0.3, -0.25) is 9.69 Å². The van der Waals surface area contributed by atoms with Crippen LogP contribution in [0.5, 0.6) is 0 Å². The SMILES string of the molecule is C[C@@H]1CN(C)CCN1CC(=O)N[C@H](C)c1ccccc1Cl. The third-order valence-electron chi connectivity index (χ3n) is 4.06. The molecule has 116 valence electrons. The van der Waals surface area contributed by atoms with Gasteiger partial charge in [0.1, 0.15) is 0 Å². The number of rotatable bonds is 4. The first-order valence-electron chi connectivity index (χ1n) is 7.43. The summed E-state index contributed by atoms with van der Waals surface area (Å²) >= 11 is 6.17. The third kappa shape index (κ3) is 4.43. The van der Waals surface area contributed by atoms with Crippen molar-refractivity contribution in [1.82, 2.24) is 15.1 Å². The molecular formula is C16H24ClN3O. The van der Waals surface area contributed by atoms with E-state index in [0.29, 0.717) is 17.6 Å². The van der Waals surface area contributed by atoms with Gasteiger partial charge in [-0.25, -0.2) is 0 Å². The molecule has 1 saturated heterocycles. The maximum atomic E-state index is 12.2. The normalized spacial score (nSPS) is 22.0. The Morgan fingerprint density at radius 1 is 1.43 bits per heavy atom. The van der Waals surface area contributed by atoms with E-state index in [0.717, 1.165) is 25.2 Å². The molecule has 1 amide bonds. The van der Waals surface area contributed by atoms with E-state index < -0.39 is 0 Å². The number of carbonyl (C=O) groups is 1. The Hall–Kier alpha value is -1.10. The molecule has 1 aromatic rings. The van der Waals surface area contributed by atoms with E-state index in [-0.39, 0.29) is 11.9 Å². The molecule has 0 saturated carbocycles. The zero-order valence-corrected chi connectivity index (χ0v) is 13.7. The number of likely N-dealkylation sites (N-methyl/N-ethyl adjacent to an activating group) is 1. The van der Waals surface area contributed by atoms with Crippen molar-refractivity contribution in [2.45, 2.75) is 25.9 Å². The highest BCUT2D eigenvalue weighted by atomic mass is 35.5. The van der Waals surface area contributed by atoms with E-state index >= 15 is 0 Å². The summed E-state index contributed by atoms with van der Waals surface area (Å²) in [7, 11) is 2.12. The quantitative estimate of drug-likeness (QED) is 0.926. The van der Waals surface area contributed by atoms with Crippen molar-refractivity contribution < 1.29 is 4.79 Å². The van der Waals surface area contributed by atoms with Crippen LogP contribution >= 0.6 is 11.6 Å². The number of nitrogens with zero attached hydrogens (tertiary/aromatic N) is 2. The second-order valence-electron chi connectivity index (χ2n) is 5.89. The first kappa shape index (κ1) is 16.3. The molecule has 0 radical (unpaired) electrons. The van der Waals surface area contributed by atoms with Crippen LogP contribution in [0.4, 0.5) is 0 Å². The first-order chi connectivity index (χ1) is 9.97. The maximum absolute atomic E-state index is 12.2. The number of hydrogen-bond acceptors (Lipinski definition) is 3. The lowest BCUT2D eigenvalue weighted by Crippen LogP contribution is -2.53. The Kier molecular flexibility index (Phi) is 5.62. The minimum atomic E-state index is -0.0750. The van der Waals surface area contributed by atoms with Gasteiger partial charge in [0.25, 0.3) is 0 Å². The van der Waals surface area contributed by atoms with E-state index in [1.807, 2.05) is 31.2 Å². The van der Waals surface area contributed by atoms with Crippen LogP contribution in [-0.2, 0) is 4.79 Å². The van der Waals surface area contributed by atoms with Crippen LogP contribution in [0.25, 0.3) is 0 Å². The molecule has 0 aromatic heterocycles. The van der Waals surface area contributed by atoms with Crippen LogP contribution in [0.3, 0.4) is 0 Å². The molecule has 2 rings (SSSR count). The van der Waals surface area contributed by atoms with Crippen molar-refractivity contribution in [1.29, 1.82) is 0 Å². The summed E-state index contributed by atoms with van der Waals surface area (Å²) in [5, 5.41) is 3.73. The molecular weight excluding hydrogens is 286 g/mol. The first-order valence-corrected chi connectivity index (χ1v) is 7.81. The average molecular weight is 310 g/mol. The number of halogens is 1. The summed E-state index contributed by atoms with van der Waals surface area (Å²) < 4.78 is 0. The standard InChI is InChI=1S/C16H24ClN3O/c1-12-10-19(3)8-9-20(12)11-16(21)18-13(2)14-6-4-5-7-15(14)17/h4-7,12-13H,8-11H2,1-3H3,(H,18,21)/t12-,13-/m1/s1. The molecule has 0 spiro atoms. The summed E-state index contributed by atoms with van der Waals surface area (Å²) in [6.07, 6.45) is 0. The number of benzene rings is 1. The highest BCUT2D eigenvalue weighted by Crippen LogP contribution is 2.22. The minimum absolute atomic E-state index is 0.0545. The smallest absolute Gasteiger partial charge is 0.234 e. The van der Waals surface area contributed by atoms with E-state index in [2.05, 4.69) is 29.1 Å². The van der Waals surface area contributed by atoms with Gasteiger partial charge in [0, 0.05) is 30.7 Å². The molecule has 0 bridgehead atoms. The van der Waals surface area contributed by atoms with Gasteiger partial charge in [-0.15, -0.1) is 0 Å². The Balaban J connectivity index is 1.88. The number of carbonyl (C=O) groups excluding carboxylic acids is 1. The minimum Gasteiger partial charge on any atom is -0.348 e. The maximum Gasteiger partial charge on any atom is 0.234 e. The fraction of sp³-hybridized carbons (Fsp3) is 0.562. The summed E-state index contributed by atoms with van der Waals surface area (Å²) in [5.74, 6) is 0.0545. The van der Waals surface area contributed by atoms with Gasteiger partial charge in [-0.2, -0.15) is 0 Å². The van der Waals surface area contributed by atoms with Gasteiger partial charge >= 0.3 is 0 Å². The molecule has 2 atom stereocenters. The Morgan fingerprint density at radius 3 is 2.81 bits per heavy atom. The van der Waals surface area contributed by atoms with Gasteiger partial charge in [-0.1, -0.05) is 29.8 Å². The van der Waals surface area contributed by atoms with Gasteiger partial charge in [-0.05, 0) is 32.5 Å². The average Bonchev–Trinajstić information content (AvgIpc) is 2.42. The van der Waals surface area contributed by atoms with E-state index in [1.165, 1.54) is 0 Å². The Morgan fingerprint density at radius 2 is 2.14 bits per heavy atom. The molecule has 0 unspecified atom stereocenters. The predicted molar refractivity (Wildman–Crippen MR) is 86.5 cm³/mol. The van der Waals surface area contributed by atoms with Crippen molar-refractivity contribution in [2.75, 3.05) is 33.2 Å². The zero-order chi connectivity index (χ0) is 15.4. The van der Waals surface area contributed by atoms with Crippen molar-refractivity contribution in [2.24, 2.45) is 0 Å². The molecule has 0 aliphatic carbocycles. The summed E-state index contributed by atoms with van der Waals surface area (Å²) in [6, 6.07) is 7.96. The second-order valence-corrected chi connectivity index (χ2v) is 6.30. The molecule has 1 aromatic carbocycles. The molecule has 1 heterocycles. The molecule has 1 aliphatic heterocycles. The molecule has 4 nitrogen and oxygen atoms in total. The van der Waals surface area contributed by atoms with Crippen molar-refractivity contribution >= 4 is 17.5 Å². The lowest BCUT2D eigenvalue weighted by molar-refractivity contribution is -0.124. The van der Waals surface area contributed by atoms with Crippen LogP contribution in [0.15, 0.2) is 24.3 Å². The second kappa shape index (κ2) is 7.25. The summed E-state index contributed by atoms with van der Waals surface area (Å²) in [5.41, 5.74) is 0.957. The Labute approximate surface area is 132 Å². The zero-order valence-electron chi connectivity index (χ0n) is 13.0. The van der Waals surface area contributed by atoms with Crippen molar-refractivity contribution in [3.05, 3.63) is 34.9 Å². The fourth-order valence-corrected chi connectivity index (χ4v) is 3.09. The summed E-state index contributed by atoms with van der Waals surface area (Å²) in [4.78, 5) is 16.8. The number of amides is 1. The largest absolute Gasteiger partial charge is 0.348 e. The van der Waals surface area contributed by atoms with E-state index in [4.69, 9.17) is 11.6 Å². The van der Waals surface area contributed by atoms with E-state index in [9.17, 15) is 4.79 Å². The van der Waals surface area contributed by atoms with Crippen LogP contribution < -0.4 is 5.32 Å². The predicted octanol–water partition coefficient (Wildman–Crippen LogP) is 2.15. The molecule has 1 N–H and O–H groups in total. The molecule has 1 fully saturated rings. The topological polar surface area (TPSA) is 35.6 Å². The number of hydrogen-bond donors (Lipinski definition) is 1. The van der Waals surface area contributed by atoms with Gasteiger partial charge in [0.2, 0.25) is 5.91 Å². The number of nitrogens with one attached hydrogen (secondary N) is 1. The number of piperazine rings is 1. The fourth-order valence-electron chi connectivity index (χ4n) is 2.79. The Bertz CT molecular complexity index is 494.